The zero-order valence-electron chi connectivity index (χ0n) is 17.0. The van der Waals surface area contributed by atoms with E-state index in [-0.39, 0.29) is 23.3 Å². The van der Waals surface area contributed by atoms with E-state index in [9.17, 15) is 14.0 Å². The highest BCUT2D eigenvalue weighted by molar-refractivity contribution is 5.98. The van der Waals surface area contributed by atoms with Crippen LogP contribution >= 0.6 is 0 Å². The van der Waals surface area contributed by atoms with E-state index >= 15 is 0 Å². The zero-order valence-corrected chi connectivity index (χ0v) is 17.0. The Morgan fingerprint density at radius 2 is 1.79 bits per heavy atom. The number of anilines is 1. The van der Waals surface area contributed by atoms with Crippen molar-refractivity contribution in [1.29, 1.82) is 0 Å². The molecule has 1 aliphatic heterocycles. The fourth-order valence-corrected chi connectivity index (χ4v) is 3.38. The lowest BCUT2D eigenvalue weighted by Crippen LogP contribution is -2.49. The molecule has 1 aromatic heterocycles. The SMILES string of the molecule is CCCCN(C)C(=O)c1ccnc(C(=O)N2CCN(c3ccc(F)cc3)CC2)c1. The molecule has 0 radical (unpaired) electrons. The maximum absolute atomic E-state index is 13.1. The first-order chi connectivity index (χ1) is 14.0. The normalized spacial score (nSPS) is 14.0. The maximum Gasteiger partial charge on any atom is 0.272 e. The summed E-state index contributed by atoms with van der Waals surface area (Å²) in [6.07, 6.45) is 3.47. The predicted octanol–water partition coefficient (Wildman–Crippen LogP) is 3.06. The Morgan fingerprint density at radius 3 is 2.45 bits per heavy atom. The van der Waals surface area contributed by atoms with Crippen LogP contribution < -0.4 is 4.90 Å². The van der Waals surface area contributed by atoms with Gasteiger partial charge in [-0.15, -0.1) is 0 Å². The van der Waals surface area contributed by atoms with E-state index in [4.69, 9.17) is 0 Å². The number of aromatic nitrogens is 1. The molecular weight excluding hydrogens is 371 g/mol. The minimum absolute atomic E-state index is 0.101. The largest absolute Gasteiger partial charge is 0.368 e. The van der Waals surface area contributed by atoms with Crippen molar-refractivity contribution in [3.63, 3.8) is 0 Å². The van der Waals surface area contributed by atoms with Crippen LogP contribution in [-0.2, 0) is 0 Å². The molecule has 0 atom stereocenters. The number of piperazine rings is 1. The monoisotopic (exact) mass is 398 g/mol. The van der Waals surface area contributed by atoms with Crippen molar-refractivity contribution >= 4 is 17.5 Å². The van der Waals surface area contributed by atoms with Crippen molar-refractivity contribution in [2.75, 3.05) is 44.7 Å². The molecule has 1 aromatic carbocycles. The third kappa shape index (κ3) is 5.10. The highest BCUT2D eigenvalue weighted by Crippen LogP contribution is 2.18. The molecule has 1 aliphatic rings. The number of carbonyl (C=O) groups is 2. The van der Waals surface area contributed by atoms with Crippen LogP contribution in [0.2, 0.25) is 0 Å². The van der Waals surface area contributed by atoms with Gasteiger partial charge in [-0.3, -0.25) is 14.6 Å². The number of amides is 2. The second-order valence-electron chi connectivity index (χ2n) is 7.27. The Bertz CT molecular complexity index is 848. The second kappa shape index (κ2) is 9.49. The summed E-state index contributed by atoms with van der Waals surface area (Å²) >= 11 is 0. The van der Waals surface area contributed by atoms with Gasteiger partial charge in [0.2, 0.25) is 0 Å². The minimum atomic E-state index is -0.261. The smallest absolute Gasteiger partial charge is 0.272 e. The van der Waals surface area contributed by atoms with Gasteiger partial charge in [0.1, 0.15) is 11.5 Å². The summed E-state index contributed by atoms with van der Waals surface area (Å²) < 4.78 is 13.1. The first-order valence-corrected chi connectivity index (χ1v) is 10.0. The third-order valence-electron chi connectivity index (χ3n) is 5.18. The molecule has 0 aliphatic carbocycles. The zero-order chi connectivity index (χ0) is 20.8. The molecule has 2 heterocycles. The standard InChI is InChI=1S/C22H27FN4O2/c1-3-4-11-25(2)21(28)17-9-10-24-20(16-17)22(29)27-14-12-26(13-15-27)19-7-5-18(23)6-8-19/h5-10,16H,3-4,11-15H2,1-2H3. The Kier molecular flexibility index (Phi) is 6.80. The summed E-state index contributed by atoms with van der Waals surface area (Å²) in [4.78, 5) is 35.2. The molecule has 3 rings (SSSR count). The van der Waals surface area contributed by atoms with E-state index in [0.29, 0.717) is 38.3 Å². The summed E-state index contributed by atoms with van der Waals surface area (Å²) in [6, 6.07) is 9.61. The minimum Gasteiger partial charge on any atom is -0.368 e. The van der Waals surface area contributed by atoms with Gasteiger partial charge in [0.15, 0.2) is 0 Å². The lowest BCUT2D eigenvalue weighted by molar-refractivity contribution is 0.0740. The summed E-state index contributed by atoms with van der Waals surface area (Å²) in [5, 5.41) is 0. The van der Waals surface area contributed by atoms with Crippen molar-refractivity contribution in [1.82, 2.24) is 14.8 Å². The van der Waals surface area contributed by atoms with Gasteiger partial charge in [-0.25, -0.2) is 4.39 Å². The van der Waals surface area contributed by atoms with Crippen molar-refractivity contribution in [3.05, 3.63) is 59.7 Å². The fourth-order valence-electron chi connectivity index (χ4n) is 3.38. The number of unbranched alkanes of at least 4 members (excludes halogenated alkanes) is 1. The van der Waals surface area contributed by atoms with Crippen molar-refractivity contribution in [2.24, 2.45) is 0 Å². The van der Waals surface area contributed by atoms with Crippen LogP contribution in [0.25, 0.3) is 0 Å². The van der Waals surface area contributed by atoms with E-state index in [2.05, 4.69) is 16.8 Å². The van der Waals surface area contributed by atoms with E-state index in [1.807, 2.05) is 0 Å². The summed E-state index contributed by atoms with van der Waals surface area (Å²) in [7, 11) is 1.77. The molecular formula is C22H27FN4O2. The van der Waals surface area contributed by atoms with Crippen LogP contribution in [0.3, 0.4) is 0 Å². The number of rotatable bonds is 6. The van der Waals surface area contributed by atoms with Crippen LogP contribution in [0.1, 0.15) is 40.6 Å². The van der Waals surface area contributed by atoms with Crippen LogP contribution in [0.4, 0.5) is 10.1 Å². The first kappa shape index (κ1) is 20.8. The number of benzene rings is 1. The molecule has 0 saturated carbocycles. The van der Waals surface area contributed by atoms with E-state index in [1.165, 1.54) is 18.3 Å². The molecule has 0 unspecified atom stereocenters. The van der Waals surface area contributed by atoms with Crippen molar-refractivity contribution in [2.45, 2.75) is 19.8 Å². The number of hydrogen-bond acceptors (Lipinski definition) is 4. The molecule has 0 N–H and O–H groups in total. The maximum atomic E-state index is 13.1. The Labute approximate surface area is 170 Å². The average Bonchev–Trinajstić information content (AvgIpc) is 2.77. The van der Waals surface area contributed by atoms with E-state index in [1.54, 1.807) is 41.1 Å². The van der Waals surface area contributed by atoms with Gasteiger partial charge in [-0.1, -0.05) is 13.3 Å². The molecule has 1 saturated heterocycles. The molecule has 2 amide bonds. The van der Waals surface area contributed by atoms with Gasteiger partial charge in [-0.05, 0) is 42.8 Å². The molecule has 29 heavy (non-hydrogen) atoms. The van der Waals surface area contributed by atoms with Gasteiger partial charge in [0.25, 0.3) is 11.8 Å². The number of hydrogen-bond donors (Lipinski definition) is 0. The molecule has 7 heteroatoms. The molecule has 1 fully saturated rings. The number of carbonyl (C=O) groups excluding carboxylic acids is 2. The molecule has 0 bridgehead atoms. The van der Waals surface area contributed by atoms with Crippen LogP contribution in [0.15, 0.2) is 42.6 Å². The lowest BCUT2D eigenvalue weighted by atomic mass is 10.1. The Balaban J connectivity index is 1.62. The quantitative estimate of drug-likeness (QED) is 0.751. The van der Waals surface area contributed by atoms with Gasteiger partial charge >= 0.3 is 0 Å². The van der Waals surface area contributed by atoms with E-state index < -0.39 is 0 Å². The Morgan fingerprint density at radius 1 is 1.10 bits per heavy atom. The topological polar surface area (TPSA) is 56.8 Å². The summed E-state index contributed by atoms with van der Waals surface area (Å²) in [5.41, 5.74) is 1.71. The van der Waals surface area contributed by atoms with Crippen LogP contribution in [-0.4, -0.2) is 66.4 Å². The molecule has 6 nitrogen and oxygen atoms in total. The van der Waals surface area contributed by atoms with Crippen molar-refractivity contribution in [3.8, 4) is 0 Å². The van der Waals surface area contributed by atoms with E-state index in [0.717, 1.165) is 18.5 Å². The number of pyridine rings is 1. The summed E-state index contributed by atoms with van der Waals surface area (Å²) in [6.45, 7) is 5.19. The second-order valence-corrected chi connectivity index (χ2v) is 7.27. The molecule has 154 valence electrons. The number of nitrogens with zero attached hydrogens (tertiary/aromatic N) is 4. The van der Waals surface area contributed by atoms with Gasteiger partial charge < -0.3 is 14.7 Å². The average molecular weight is 398 g/mol. The molecule has 2 aromatic rings. The third-order valence-corrected chi connectivity index (χ3v) is 5.18. The fraction of sp³-hybridized carbons (Fsp3) is 0.409. The Hall–Kier alpha value is -2.96. The lowest BCUT2D eigenvalue weighted by Gasteiger charge is -2.36. The van der Waals surface area contributed by atoms with Crippen LogP contribution in [0.5, 0.6) is 0 Å². The van der Waals surface area contributed by atoms with Gasteiger partial charge in [0.05, 0.1) is 0 Å². The van der Waals surface area contributed by atoms with Gasteiger partial charge in [0, 0.05) is 57.2 Å². The predicted molar refractivity (Wildman–Crippen MR) is 111 cm³/mol. The van der Waals surface area contributed by atoms with Crippen molar-refractivity contribution < 1.29 is 14.0 Å². The van der Waals surface area contributed by atoms with Crippen LogP contribution in [0, 0.1) is 5.82 Å². The molecule has 0 spiro atoms. The number of halogens is 1. The highest BCUT2D eigenvalue weighted by atomic mass is 19.1. The first-order valence-electron chi connectivity index (χ1n) is 10.0. The van der Waals surface area contributed by atoms with Gasteiger partial charge in [-0.2, -0.15) is 0 Å². The highest BCUT2D eigenvalue weighted by Gasteiger charge is 2.24. The summed E-state index contributed by atoms with van der Waals surface area (Å²) in [5.74, 6) is -0.533.